The number of aryl methyl sites for hydroxylation is 1. The van der Waals surface area contributed by atoms with Crippen LogP contribution in [0.25, 0.3) is 0 Å². The van der Waals surface area contributed by atoms with E-state index >= 15 is 0 Å². The Morgan fingerprint density at radius 3 is 2.19 bits per heavy atom. The summed E-state index contributed by atoms with van der Waals surface area (Å²) >= 11 is 0. The van der Waals surface area contributed by atoms with Gasteiger partial charge in [-0.25, -0.2) is 12.8 Å². The van der Waals surface area contributed by atoms with Crippen LogP contribution in [0.5, 0.6) is 0 Å². The molecule has 2 N–H and O–H groups in total. The number of benzene rings is 2. The van der Waals surface area contributed by atoms with E-state index < -0.39 is 15.8 Å². The predicted molar refractivity (Wildman–Crippen MR) is 82.3 cm³/mol. The highest BCUT2D eigenvalue weighted by Crippen LogP contribution is 2.26. The summed E-state index contributed by atoms with van der Waals surface area (Å²) in [6, 6.07) is 8.29. The Bertz CT molecular complexity index is 748. The summed E-state index contributed by atoms with van der Waals surface area (Å²) in [6.07, 6.45) is 0. The van der Waals surface area contributed by atoms with Gasteiger partial charge in [-0.3, -0.25) is 4.31 Å². The van der Waals surface area contributed by atoms with Gasteiger partial charge in [0.25, 0.3) is 10.0 Å². The summed E-state index contributed by atoms with van der Waals surface area (Å²) < 4.78 is 39.3. The highest BCUT2D eigenvalue weighted by Gasteiger charge is 2.22. The van der Waals surface area contributed by atoms with Gasteiger partial charge in [0, 0.05) is 12.7 Å². The van der Waals surface area contributed by atoms with Crippen molar-refractivity contribution < 1.29 is 12.8 Å². The zero-order chi connectivity index (χ0) is 15.8. The SMILES string of the molecule is Cc1cc(S(=O)(=O)N(C)c2ccc(F)cc2)cc(N)c1C. The fourth-order valence-electron chi connectivity index (χ4n) is 1.95. The molecule has 0 spiro atoms. The summed E-state index contributed by atoms with van der Waals surface area (Å²) in [5.41, 5.74) is 8.32. The second-order valence-corrected chi connectivity index (χ2v) is 6.87. The molecule has 0 atom stereocenters. The lowest BCUT2D eigenvalue weighted by Gasteiger charge is -2.20. The molecule has 21 heavy (non-hydrogen) atoms. The van der Waals surface area contributed by atoms with Gasteiger partial charge in [-0.15, -0.1) is 0 Å². The van der Waals surface area contributed by atoms with E-state index in [0.29, 0.717) is 11.4 Å². The number of rotatable bonds is 3. The average molecular weight is 308 g/mol. The van der Waals surface area contributed by atoms with Gasteiger partial charge in [0.1, 0.15) is 5.82 Å². The molecular formula is C15H17FN2O2S. The minimum Gasteiger partial charge on any atom is -0.398 e. The number of anilines is 2. The van der Waals surface area contributed by atoms with E-state index in [1.54, 1.807) is 6.07 Å². The Balaban J connectivity index is 2.49. The molecule has 0 amide bonds. The molecule has 0 bridgehead atoms. The van der Waals surface area contributed by atoms with Crippen LogP contribution in [0.3, 0.4) is 0 Å². The Kier molecular flexibility index (Phi) is 3.91. The van der Waals surface area contributed by atoms with E-state index in [-0.39, 0.29) is 4.90 Å². The molecule has 2 aromatic rings. The first kappa shape index (κ1) is 15.3. The Morgan fingerprint density at radius 1 is 1.10 bits per heavy atom. The van der Waals surface area contributed by atoms with Crippen LogP contribution in [-0.2, 0) is 10.0 Å². The molecule has 0 aliphatic carbocycles. The molecule has 0 aliphatic rings. The Morgan fingerprint density at radius 2 is 1.67 bits per heavy atom. The second-order valence-electron chi connectivity index (χ2n) is 4.90. The van der Waals surface area contributed by atoms with Crippen LogP contribution in [0.15, 0.2) is 41.3 Å². The first-order chi connectivity index (χ1) is 9.73. The molecule has 112 valence electrons. The van der Waals surface area contributed by atoms with E-state index in [1.807, 2.05) is 13.8 Å². The predicted octanol–water partition coefficient (Wildman–Crippen LogP) is 2.85. The van der Waals surface area contributed by atoms with Crippen LogP contribution in [0.1, 0.15) is 11.1 Å². The van der Waals surface area contributed by atoms with Crippen LogP contribution in [0.4, 0.5) is 15.8 Å². The number of hydrogen-bond acceptors (Lipinski definition) is 3. The van der Waals surface area contributed by atoms with E-state index in [9.17, 15) is 12.8 Å². The standard InChI is InChI=1S/C15H17FN2O2S/c1-10-8-14(9-15(17)11(10)2)21(19,20)18(3)13-6-4-12(16)5-7-13/h4-9H,17H2,1-3H3. The number of sulfonamides is 1. The van der Waals surface area contributed by atoms with Gasteiger partial charge < -0.3 is 5.73 Å². The van der Waals surface area contributed by atoms with Crippen molar-refractivity contribution in [3.05, 3.63) is 53.3 Å². The van der Waals surface area contributed by atoms with Gasteiger partial charge in [0.15, 0.2) is 0 Å². The lowest BCUT2D eigenvalue weighted by Crippen LogP contribution is -2.26. The van der Waals surface area contributed by atoms with Gasteiger partial charge in [-0.2, -0.15) is 0 Å². The van der Waals surface area contributed by atoms with Crippen LogP contribution < -0.4 is 10.0 Å². The monoisotopic (exact) mass is 308 g/mol. The minimum absolute atomic E-state index is 0.120. The fraction of sp³-hybridized carbons (Fsp3) is 0.200. The maximum atomic E-state index is 12.9. The minimum atomic E-state index is -3.74. The average Bonchev–Trinajstić information content (AvgIpc) is 2.44. The van der Waals surface area contributed by atoms with E-state index in [1.165, 1.54) is 37.4 Å². The highest BCUT2D eigenvalue weighted by molar-refractivity contribution is 7.92. The van der Waals surface area contributed by atoms with Crippen molar-refractivity contribution in [1.29, 1.82) is 0 Å². The van der Waals surface area contributed by atoms with Crippen molar-refractivity contribution in [3.8, 4) is 0 Å². The third-order valence-corrected chi connectivity index (χ3v) is 5.29. The molecule has 0 radical (unpaired) electrons. The molecule has 0 aromatic heterocycles. The van der Waals surface area contributed by atoms with E-state index in [4.69, 9.17) is 5.73 Å². The summed E-state index contributed by atoms with van der Waals surface area (Å²) in [6.45, 7) is 3.65. The van der Waals surface area contributed by atoms with E-state index in [0.717, 1.165) is 15.4 Å². The molecule has 0 heterocycles. The van der Waals surface area contributed by atoms with Crippen LogP contribution in [0, 0.1) is 19.7 Å². The molecule has 0 fully saturated rings. The van der Waals surface area contributed by atoms with Gasteiger partial charge >= 0.3 is 0 Å². The lowest BCUT2D eigenvalue weighted by molar-refractivity contribution is 0.594. The number of nitrogen functional groups attached to an aromatic ring is 1. The Labute approximate surface area is 124 Å². The smallest absolute Gasteiger partial charge is 0.264 e. The quantitative estimate of drug-likeness (QED) is 0.887. The maximum absolute atomic E-state index is 12.9. The van der Waals surface area contributed by atoms with Crippen molar-refractivity contribution in [1.82, 2.24) is 0 Å². The normalized spacial score (nSPS) is 11.4. The molecule has 2 aromatic carbocycles. The number of nitrogens with two attached hydrogens (primary N) is 1. The number of hydrogen-bond donors (Lipinski definition) is 1. The number of nitrogens with zero attached hydrogens (tertiary/aromatic N) is 1. The molecule has 6 heteroatoms. The lowest BCUT2D eigenvalue weighted by atomic mass is 10.1. The number of halogens is 1. The third-order valence-electron chi connectivity index (χ3n) is 3.53. The van der Waals surface area contributed by atoms with Crippen molar-refractivity contribution in [2.75, 3.05) is 17.1 Å². The van der Waals surface area contributed by atoms with Crippen molar-refractivity contribution in [3.63, 3.8) is 0 Å². The molecular weight excluding hydrogens is 291 g/mol. The first-order valence-corrected chi connectivity index (χ1v) is 7.78. The van der Waals surface area contributed by atoms with E-state index in [2.05, 4.69) is 0 Å². The summed E-state index contributed by atoms with van der Waals surface area (Å²) in [4.78, 5) is 0.120. The van der Waals surface area contributed by atoms with Crippen LogP contribution in [0.2, 0.25) is 0 Å². The maximum Gasteiger partial charge on any atom is 0.264 e. The summed E-state index contributed by atoms with van der Waals surface area (Å²) in [7, 11) is -2.31. The molecule has 0 saturated carbocycles. The van der Waals surface area contributed by atoms with Gasteiger partial charge in [0.05, 0.1) is 10.6 Å². The second kappa shape index (κ2) is 5.37. The summed E-state index contributed by atoms with van der Waals surface area (Å²) in [5.74, 6) is -0.417. The Hall–Kier alpha value is -2.08. The van der Waals surface area contributed by atoms with Crippen molar-refractivity contribution in [2.45, 2.75) is 18.7 Å². The van der Waals surface area contributed by atoms with Gasteiger partial charge in [-0.05, 0) is 61.4 Å². The third kappa shape index (κ3) is 2.85. The van der Waals surface area contributed by atoms with Gasteiger partial charge in [0.2, 0.25) is 0 Å². The zero-order valence-corrected chi connectivity index (χ0v) is 12.9. The zero-order valence-electron chi connectivity index (χ0n) is 12.1. The molecule has 2 rings (SSSR count). The topological polar surface area (TPSA) is 63.4 Å². The largest absolute Gasteiger partial charge is 0.398 e. The molecule has 4 nitrogen and oxygen atoms in total. The molecule has 0 unspecified atom stereocenters. The molecule has 0 saturated heterocycles. The van der Waals surface area contributed by atoms with Gasteiger partial charge in [-0.1, -0.05) is 0 Å². The highest BCUT2D eigenvalue weighted by atomic mass is 32.2. The van der Waals surface area contributed by atoms with Crippen LogP contribution in [-0.4, -0.2) is 15.5 Å². The fourth-order valence-corrected chi connectivity index (χ4v) is 3.27. The first-order valence-electron chi connectivity index (χ1n) is 6.34. The summed E-state index contributed by atoms with van der Waals surface area (Å²) in [5, 5.41) is 0. The van der Waals surface area contributed by atoms with Crippen molar-refractivity contribution >= 4 is 21.4 Å². The molecule has 0 aliphatic heterocycles. The van der Waals surface area contributed by atoms with Crippen molar-refractivity contribution in [2.24, 2.45) is 0 Å². The van der Waals surface area contributed by atoms with Crippen LogP contribution >= 0.6 is 0 Å².